The van der Waals surface area contributed by atoms with E-state index in [0.29, 0.717) is 18.0 Å². The maximum absolute atomic E-state index is 12.0. The van der Waals surface area contributed by atoms with E-state index in [1.54, 1.807) is 12.1 Å². The van der Waals surface area contributed by atoms with E-state index in [4.69, 9.17) is 9.47 Å². The van der Waals surface area contributed by atoms with Crippen molar-refractivity contribution in [2.45, 2.75) is 13.5 Å². The van der Waals surface area contributed by atoms with Crippen LogP contribution in [0.15, 0.2) is 54.6 Å². The topological polar surface area (TPSA) is 64.6 Å². The zero-order valence-electron chi connectivity index (χ0n) is 14.1. The van der Waals surface area contributed by atoms with Crippen molar-refractivity contribution >= 4 is 29.3 Å². The van der Waals surface area contributed by atoms with E-state index in [-0.39, 0.29) is 30.0 Å². The van der Waals surface area contributed by atoms with Gasteiger partial charge in [0.15, 0.2) is 0 Å². The van der Waals surface area contributed by atoms with Gasteiger partial charge < -0.3 is 14.8 Å². The van der Waals surface area contributed by atoms with E-state index in [9.17, 15) is 9.59 Å². The highest BCUT2D eigenvalue weighted by molar-refractivity contribution is 8.00. The molecule has 0 radical (unpaired) electrons. The first-order chi connectivity index (χ1) is 12.2. The first-order valence-corrected chi connectivity index (χ1v) is 9.13. The van der Waals surface area contributed by atoms with E-state index in [1.807, 2.05) is 49.4 Å². The molecule has 0 bridgehead atoms. The number of para-hydroxylation sites is 2. The fraction of sp³-hybridized carbons (Fsp3) is 0.263. The molecule has 0 saturated heterocycles. The molecule has 1 amide bonds. The molecule has 0 fully saturated rings. The zero-order chi connectivity index (χ0) is 17.9. The summed E-state index contributed by atoms with van der Waals surface area (Å²) in [4.78, 5) is 23.7. The van der Waals surface area contributed by atoms with Crippen LogP contribution in [0.2, 0.25) is 0 Å². The second-order valence-electron chi connectivity index (χ2n) is 5.12. The lowest BCUT2D eigenvalue weighted by Crippen LogP contribution is -2.16. The Hall–Kier alpha value is -2.47. The van der Waals surface area contributed by atoms with Crippen molar-refractivity contribution < 1.29 is 19.1 Å². The predicted molar refractivity (Wildman–Crippen MR) is 99.8 cm³/mol. The highest BCUT2D eigenvalue weighted by Gasteiger charge is 2.09. The molecule has 0 aromatic heterocycles. The van der Waals surface area contributed by atoms with Crippen LogP contribution in [-0.2, 0) is 20.9 Å². The van der Waals surface area contributed by atoms with Crippen molar-refractivity contribution in [3.8, 4) is 5.75 Å². The monoisotopic (exact) mass is 359 g/mol. The van der Waals surface area contributed by atoms with E-state index in [1.165, 1.54) is 11.8 Å². The summed E-state index contributed by atoms with van der Waals surface area (Å²) >= 11 is 1.22. The summed E-state index contributed by atoms with van der Waals surface area (Å²) in [5.74, 6) is 0.406. The van der Waals surface area contributed by atoms with Crippen LogP contribution in [0.4, 0.5) is 5.69 Å². The van der Waals surface area contributed by atoms with Gasteiger partial charge in [0.2, 0.25) is 5.91 Å². The number of carbonyl (C=O) groups excluding carboxylic acids is 2. The minimum atomic E-state index is -0.337. The van der Waals surface area contributed by atoms with Crippen LogP contribution in [0.1, 0.15) is 12.5 Å². The van der Waals surface area contributed by atoms with Gasteiger partial charge in [0, 0.05) is 0 Å². The number of thioether (sulfide) groups is 1. The number of nitrogens with one attached hydrogen (secondary N) is 1. The summed E-state index contributed by atoms with van der Waals surface area (Å²) in [7, 11) is 0. The second-order valence-corrected chi connectivity index (χ2v) is 6.10. The molecule has 25 heavy (non-hydrogen) atoms. The van der Waals surface area contributed by atoms with E-state index >= 15 is 0 Å². The highest BCUT2D eigenvalue weighted by Crippen LogP contribution is 2.23. The minimum Gasteiger partial charge on any atom is -0.492 e. The maximum atomic E-state index is 12.0. The Morgan fingerprint density at radius 3 is 2.48 bits per heavy atom. The van der Waals surface area contributed by atoms with Crippen LogP contribution in [0.3, 0.4) is 0 Å². The molecule has 0 unspecified atom stereocenters. The van der Waals surface area contributed by atoms with Gasteiger partial charge in [-0.1, -0.05) is 42.5 Å². The van der Waals surface area contributed by atoms with Crippen LogP contribution >= 0.6 is 11.8 Å². The van der Waals surface area contributed by atoms with Gasteiger partial charge in [0.25, 0.3) is 0 Å². The molecule has 5 nitrogen and oxygen atoms in total. The smallest absolute Gasteiger partial charge is 0.316 e. The van der Waals surface area contributed by atoms with Crippen LogP contribution in [0.25, 0.3) is 0 Å². The Kier molecular flexibility index (Phi) is 7.85. The van der Waals surface area contributed by atoms with E-state index in [0.717, 1.165) is 5.56 Å². The SMILES string of the molecule is CCOc1ccccc1NC(=O)CSCC(=O)OCc1ccccc1. The summed E-state index contributed by atoms with van der Waals surface area (Å²) in [6, 6.07) is 16.7. The highest BCUT2D eigenvalue weighted by atomic mass is 32.2. The third-order valence-corrected chi connectivity index (χ3v) is 4.06. The van der Waals surface area contributed by atoms with Gasteiger partial charge in [-0.05, 0) is 24.6 Å². The van der Waals surface area contributed by atoms with Crippen LogP contribution in [0.5, 0.6) is 5.75 Å². The number of carbonyl (C=O) groups is 2. The van der Waals surface area contributed by atoms with Gasteiger partial charge in [0.1, 0.15) is 12.4 Å². The van der Waals surface area contributed by atoms with Crippen molar-refractivity contribution in [3.63, 3.8) is 0 Å². The quantitative estimate of drug-likeness (QED) is 0.694. The van der Waals surface area contributed by atoms with Crippen LogP contribution < -0.4 is 10.1 Å². The third-order valence-electron chi connectivity index (χ3n) is 3.16. The molecule has 0 atom stereocenters. The number of anilines is 1. The maximum Gasteiger partial charge on any atom is 0.316 e. The molecule has 0 heterocycles. The van der Waals surface area contributed by atoms with E-state index in [2.05, 4.69) is 5.32 Å². The third kappa shape index (κ3) is 6.89. The molecule has 132 valence electrons. The van der Waals surface area contributed by atoms with Gasteiger partial charge in [-0.2, -0.15) is 0 Å². The summed E-state index contributed by atoms with van der Waals surface area (Å²) < 4.78 is 10.6. The fourth-order valence-corrected chi connectivity index (χ4v) is 2.65. The van der Waals surface area contributed by atoms with Crippen molar-refractivity contribution in [3.05, 3.63) is 60.2 Å². The van der Waals surface area contributed by atoms with Gasteiger partial charge in [-0.25, -0.2) is 0 Å². The number of rotatable bonds is 9. The molecular weight excluding hydrogens is 338 g/mol. The van der Waals surface area contributed by atoms with E-state index < -0.39 is 0 Å². The molecular formula is C19H21NO4S. The average molecular weight is 359 g/mol. The van der Waals surface area contributed by atoms with Crippen molar-refractivity contribution in [2.75, 3.05) is 23.4 Å². The van der Waals surface area contributed by atoms with Crippen LogP contribution in [0, 0.1) is 0 Å². The Bertz CT molecular complexity index is 691. The normalized spacial score (nSPS) is 10.1. The first kappa shape index (κ1) is 18.9. The van der Waals surface area contributed by atoms with Gasteiger partial charge >= 0.3 is 5.97 Å². The molecule has 0 aliphatic rings. The number of amides is 1. The Morgan fingerprint density at radius 1 is 1.00 bits per heavy atom. The second kappa shape index (κ2) is 10.4. The lowest BCUT2D eigenvalue weighted by molar-refractivity contribution is -0.141. The molecule has 2 aromatic rings. The molecule has 6 heteroatoms. The largest absolute Gasteiger partial charge is 0.492 e. The summed E-state index contributed by atoms with van der Waals surface area (Å²) in [6.07, 6.45) is 0. The average Bonchev–Trinajstić information content (AvgIpc) is 2.63. The Labute approximate surface area is 151 Å². The number of benzene rings is 2. The fourth-order valence-electron chi connectivity index (χ4n) is 2.04. The zero-order valence-corrected chi connectivity index (χ0v) is 14.9. The molecule has 2 rings (SSSR count). The van der Waals surface area contributed by atoms with Crippen molar-refractivity contribution in [1.29, 1.82) is 0 Å². The summed E-state index contributed by atoms with van der Waals surface area (Å²) in [6.45, 7) is 2.65. The molecule has 1 N–H and O–H groups in total. The molecule has 2 aromatic carbocycles. The summed E-state index contributed by atoms with van der Waals surface area (Å²) in [5.41, 5.74) is 1.56. The molecule has 0 aliphatic heterocycles. The van der Waals surface area contributed by atoms with Crippen LogP contribution in [-0.4, -0.2) is 30.0 Å². The Balaban J connectivity index is 1.69. The predicted octanol–water partition coefficient (Wildman–Crippen LogP) is 3.50. The lowest BCUT2D eigenvalue weighted by atomic mass is 10.2. The summed E-state index contributed by atoms with van der Waals surface area (Å²) in [5, 5.41) is 2.79. The number of hydrogen-bond acceptors (Lipinski definition) is 5. The van der Waals surface area contributed by atoms with Gasteiger partial charge in [0.05, 0.1) is 23.8 Å². The van der Waals surface area contributed by atoms with Crippen molar-refractivity contribution in [1.82, 2.24) is 0 Å². The Morgan fingerprint density at radius 2 is 1.72 bits per heavy atom. The van der Waals surface area contributed by atoms with Crippen molar-refractivity contribution in [2.24, 2.45) is 0 Å². The minimum absolute atomic E-state index is 0.132. The number of hydrogen-bond donors (Lipinski definition) is 1. The standard InChI is InChI=1S/C19H21NO4S/c1-2-23-17-11-7-6-10-16(17)20-18(21)13-25-14-19(22)24-12-15-8-4-3-5-9-15/h3-11H,2,12-14H2,1H3,(H,20,21). The number of esters is 1. The van der Waals surface area contributed by atoms with Gasteiger partial charge in [-0.3, -0.25) is 9.59 Å². The first-order valence-electron chi connectivity index (χ1n) is 7.98. The van der Waals surface area contributed by atoms with Gasteiger partial charge in [-0.15, -0.1) is 11.8 Å². The molecule has 0 saturated carbocycles. The molecule has 0 aliphatic carbocycles. The lowest BCUT2D eigenvalue weighted by Gasteiger charge is -2.11. The number of ether oxygens (including phenoxy) is 2. The molecule has 0 spiro atoms.